The van der Waals surface area contributed by atoms with Crippen molar-refractivity contribution in [1.29, 1.82) is 0 Å². The van der Waals surface area contributed by atoms with Crippen LogP contribution in [0.2, 0.25) is 0 Å². The van der Waals surface area contributed by atoms with Crippen LogP contribution in [0.1, 0.15) is 43.1 Å². The lowest BCUT2D eigenvalue weighted by Gasteiger charge is -2.20. The molecule has 2 rings (SSSR count). The number of aliphatic hydroxyl groups excluding tert-OH is 1. The van der Waals surface area contributed by atoms with Crippen LogP contribution < -0.4 is 10.1 Å². The van der Waals surface area contributed by atoms with Crippen LogP contribution in [0, 0.1) is 0 Å². The van der Waals surface area contributed by atoms with Crippen LogP contribution in [0.3, 0.4) is 0 Å². The van der Waals surface area contributed by atoms with Crippen molar-refractivity contribution < 1.29 is 20.0 Å². The molecule has 0 radical (unpaired) electrons. The highest BCUT2D eigenvalue weighted by Gasteiger charge is 2.18. The molecule has 0 aliphatic heterocycles. The molecular formula is C22H30NO3+. The lowest BCUT2D eigenvalue weighted by Crippen LogP contribution is -2.96. The van der Waals surface area contributed by atoms with E-state index in [9.17, 15) is 9.90 Å². The fourth-order valence-electron chi connectivity index (χ4n) is 2.60. The van der Waals surface area contributed by atoms with E-state index >= 15 is 0 Å². The second-order valence-corrected chi connectivity index (χ2v) is 7.68. The second-order valence-electron chi connectivity index (χ2n) is 7.68. The van der Waals surface area contributed by atoms with Crippen molar-refractivity contribution in [3.8, 4) is 5.75 Å². The summed E-state index contributed by atoms with van der Waals surface area (Å²) < 4.78 is 5.75. The number of hydrogen-bond acceptors (Lipinski definition) is 3. The molecular weight excluding hydrogens is 326 g/mol. The number of ketones is 1. The Hall–Kier alpha value is -2.17. The van der Waals surface area contributed by atoms with Gasteiger partial charge in [-0.25, -0.2) is 0 Å². The Morgan fingerprint density at radius 2 is 1.73 bits per heavy atom. The maximum Gasteiger partial charge on any atom is 0.166 e. The smallest absolute Gasteiger partial charge is 0.166 e. The maximum atomic E-state index is 12.6. The fraction of sp³-hybridized carbons (Fsp3) is 0.409. The molecule has 26 heavy (non-hydrogen) atoms. The van der Waals surface area contributed by atoms with Crippen LogP contribution in [-0.4, -0.2) is 35.7 Å². The van der Waals surface area contributed by atoms with Crippen LogP contribution in [0.4, 0.5) is 0 Å². The summed E-state index contributed by atoms with van der Waals surface area (Å²) in [7, 11) is 0. The van der Waals surface area contributed by atoms with Crippen molar-refractivity contribution in [2.24, 2.45) is 0 Å². The first kappa shape index (κ1) is 20.1. The Balaban J connectivity index is 1.91. The average molecular weight is 356 g/mol. The number of nitrogens with two attached hydrogens (primary N) is 1. The Morgan fingerprint density at radius 3 is 2.42 bits per heavy atom. The van der Waals surface area contributed by atoms with Gasteiger partial charge in [0.15, 0.2) is 5.78 Å². The molecule has 0 fully saturated rings. The largest absolute Gasteiger partial charge is 0.490 e. The van der Waals surface area contributed by atoms with Crippen molar-refractivity contribution in [3.63, 3.8) is 0 Å². The molecule has 3 N–H and O–H groups in total. The van der Waals surface area contributed by atoms with E-state index in [2.05, 4.69) is 26.1 Å². The van der Waals surface area contributed by atoms with Gasteiger partial charge in [0.05, 0.1) is 11.1 Å². The molecule has 0 spiro atoms. The maximum absolute atomic E-state index is 12.6. The van der Waals surface area contributed by atoms with E-state index in [4.69, 9.17) is 4.74 Å². The number of para-hydroxylation sites is 1. The van der Waals surface area contributed by atoms with Gasteiger partial charge >= 0.3 is 0 Å². The van der Waals surface area contributed by atoms with Crippen molar-refractivity contribution in [3.05, 3.63) is 65.7 Å². The van der Waals surface area contributed by atoms with Gasteiger partial charge in [-0.1, -0.05) is 42.5 Å². The lowest BCUT2D eigenvalue weighted by molar-refractivity contribution is -0.722. The lowest BCUT2D eigenvalue weighted by atomic mass is 10.0. The SMILES string of the molecule is CC(C)(C)[NH2+]C[C@@H](O)COc1ccccc1C(=O)CCc1ccccc1. The van der Waals surface area contributed by atoms with Crippen molar-refractivity contribution in [2.75, 3.05) is 13.2 Å². The number of hydrogen-bond donors (Lipinski definition) is 2. The highest BCUT2D eigenvalue weighted by molar-refractivity contribution is 5.98. The van der Waals surface area contributed by atoms with Crippen LogP contribution in [0.5, 0.6) is 5.75 Å². The number of ether oxygens (including phenoxy) is 1. The Bertz CT molecular complexity index is 692. The van der Waals surface area contributed by atoms with Crippen molar-refractivity contribution >= 4 is 5.78 Å². The number of aliphatic hydroxyl groups is 1. The Morgan fingerprint density at radius 1 is 1.08 bits per heavy atom. The minimum atomic E-state index is -0.582. The summed E-state index contributed by atoms with van der Waals surface area (Å²) in [5.74, 6) is 0.598. The zero-order valence-corrected chi connectivity index (χ0v) is 15.9. The summed E-state index contributed by atoms with van der Waals surface area (Å²) in [5, 5.41) is 12.2. The van der Waals surface area contributed by atoms with Crippen molar-refractivity contribution in [1.82, 2.24) is 0 Å². The first-order valence-electron chi connectivity index (χ1n) is 9.16. The minimum absolute atomic E-state index is 0.0557. The summed E-state index contributed by atoms with van der Waals surface area (Å²) in [6, 6.07) is 17.2. The molecule has 140 valence electrons. The van der Waals surface area contributed by atoms with Gasteiger partial charge in [0.25, 0.3) is 0 Å². The van der Waals surface area contributed by atoms with E-state index in [1.54, 1.807) is 12.1 Å². The topological polar surface area (TPSA) is 63.1 Å². The number of rotatable bonds is 9. The van der Waals surface area contributed by atoms with Gasteiger partial charge in [-0.05, 0) is 44.9 Å². The molecule has 0 aliphatic rings. The molecule has 4 nitrogen and oxygen atoms in total. The summed E-state index contributed by atoms with van der Waals surface area (Å²) in [4.78, 5) is 12.6. The van der Waals surface area contributed by atoms with E-state index in [0.717, 1.165) is 5.56 Å². The predicted molar refractivity (Wildman–Crippen MR) is 104 cm³/mol. The number of quaternary nitrogens is 1. The van der Waals surface area contributed by atoms with Gasteiger partial charge in [-0.2, -0.15) is 0 Å². The van der Waals surface area contributed by atoms with E-state index in [-0.39, 0.29) is 17.9 Å². The molecule has 0 aliphatic carbocycles. The molecule has 2 aromatic carbocycles. The van der Waals surface area contributed by atoms with E-state index in [1.165, 1.54) is 0 Å². The monoisotopic (exact) mass is 356 g/mol. The van der Waals surface area contributed by atoms with E-state index < -0.39 is 6.10 Å². The first-order chi connectivity index (χ1) is 12.3. The summed E-state index contributed by atoms with van der Waals surface area (Å²) >= 11 is 0. The normalized spacial score (nSPS) is 12.6. The molecule has 0 saturated carbocycles. The summed E-state index contributed by atoms with van der Waals surface area (Å²) in [6.45, 7) is 7.03. The predicted octanol–water partition coefficient (Wildman–Crippen LogP) is 2.60. The minimum Gasteiger partial charge on any atom is -0.490 e. The fourth-order valence-corrected chi connectivity index (χ4v) is 2.60. The molecule has 4 heteroatoms. The number of carbonyl (C=O) groups excluding carboxylic acids is 1. The third-order valence-electron chi connectivity index (χ3n) is 4.10. The van der Waals surface area contributed by atoms with E-state index in [1.807, 2.05) is 42.5 Å². The summed E-state index contributed by atoms with van der Waals surface area (Å²) in [5.41, 5.74) is 1.79. The van der Waals surface area contributed by atoms with Crippen molar-refractivity contribution in [2.45, 2.75) is 45.3 Å². The quantitative estimate of drug-likeness (QED) is 0.679. The number of aryl methyl sites for hydroxylation is 1. The third-order valence-corrected chi connectivity index (χ3v) is 4.10. The molecule has 0 bridgehead atoms. The zero-order valence-electron chi connectivity index (χ0n) is 15.9. The number of Topliss-reactive ketones (excluding diaryl/α,β-unsaturated/α-hetero) is 1. The van der Waals surface area contributed by atoms with Crippen LogP contribution in [-0.2, 0) is 6.42 Å². The summed E-state index contributed by atoms with van der Waals surface area (Å²) in [6.07, 6.45) is 0.559. The van der Waals surface area contributed by atoms with Gasteiger partial charge < -0.3 is 15.2 Å². The molecule has 2 aromatic rings. The van der Waals surface area contributed by atoms with Crippen LogP contribution in [0.25, 0.3) is 0 Å². The van der Waals surface area contributed by atoms with Gasteiger partial charge in [-0.3, -0.25) is 4.79 Å². The van der Waals surface area contributed by atoms with Gasteiger partial charge in [0, 0.05) is 6.42 Å². The third kappa shape index (κ3) is 6.98. The highest BCUT2D eigenvalue weighted by Crippen LogP contribution is 2.20. The van der Waals surface area contributed by atoms with E-state index in [0.29, 0.717) is 30.7 Å². The van der Waals surface area contributed by atoms with Gasteiger partial charge in [0.2, 0.25) is 0 Å². The average Bonchev–Trinajstić information content (AvgIpc) is 2.63. The molecule has 0 unspecified atom stereocenters. The van der Waals surface area contributed by atoms with Crippen LogP contribution in [0.15, 0.2) is 54.6 Å². The van der Waals surface area contributed by atoms with Gasteiger partial charge in [0.1, 0.15) is 25.0 Å². The van der Waals surface area contributed by atoms with Crippen LogP contribution >= 0.6 is 0 Å². The standard InChI is InChI=1S/C22H29NO3/c1-22(2,3)23-15-18(24)16-26-21-12-8-7-11-19(21)20(25)14-13-17-9-5-4-6-10-17/h4-12,18,23-24H,13-16H2,1-3H3/p+1/t18-/m1/s1. The molecule has 1 atom stereocenters. The Labute approximate surface area is 156 Å². The number of benzene rings is 2. The molecule has 0 amide bonds. The Kier molecular flexibility index (Phi) is 7.37. The highest BCUT2D eigenvalue weighted by atomic mass is 16.5. The van der Waals surface area contributed by atoms with Gasteiger partial charge in [-0.15, -0.1) is 0 Å². The molecule has 0 aromatic heterocycles. The zero-order chi connectivity index (χ0) is 19.0. The first-order valence-corrected chi connectivity index (χ1v) is 9.16. The molecule has 0 saturated heterocycles. The second kappa shape index (κ2) is 9.51. The number of carbonyl (C=O) groups is 1. The molecule has 0 heterocycles.